The van der Waals surface area contributed by atoms with Gasteiger partial charge in [0.25, 0.3) is 0 Å². The first-order chi connectivity index (χ1) is 12.8. The van der Waals surface area contributed by atoms with Crippen molar-refractivity contribution in [2.45, 2.75) is 6.42 Å². The Morgan fingerprint density at radius 3 is 2.33 bits per heavy atom. The highest BCUT2D eigenvalue weighted by atomic mass is 35.5. The molecule has 4 rings (SSSR count). The number of primary amides is 1. The van der Waals surface area contributed by atoms with Crippen molar-refractivity contribution >= 4 is 35.1 Å². The van der Waals surface area contributed by atoms with Crippen molar-refractivity contribution in [3.8, 4) is 22.3 Å². The van der Waals surface area contributed by atoms with E-state index in [4.69, 9.17) is 28.9 Å². The van der Waals surface area contributed by atoms with Crippen molar-refractivity contribution in [1.29, 1.82) is 0 Å². The summed E-state index contributed by atoms with van der Waals surface area (Å²) in [4.78, 5) is 23.4. The molecule has 3 N–H and O–H groups in total. The monoisotopic (exact) mass is 397 g/mol. The Morgan fingerprint density at radius 1 is 0.889 bits per heavy atom. The summed E-state index contributed by atoms with van der Waals surface area (Å²) < 4.78 is 0. The molecule has 0 saturated carbocycles. The number of amides is 1. The molecule has 1 amide bonds. The summed E-state index contributed by atoms with van der Waals surface area (Å²) in [6.07, 6.45) is 0.532. The van der Waals surface area contributed by atoms with Gasteiger partial charge >= 0.3 is 5.97 Å². The number of benzene rings is 3. The van der Waals surface area contributed by atoms with Crippen molar-refractivity contribution in [3.05, 3.63) is 80.8 Å². The van der Waals surface area contributed by atoms with Gasteiger partial charge in [0.05, 0.1) is 15.6 Å². The second kappa shape index (κ2) is 6.41. The van der Waals surface area contributed by atoms with E-state index in [9.17, 15) is 14.7 Å². The SMILES string of the molecule is NC(=O)c1cc(-c2ccc(Cl)c(Cl)c2)cc2c1Cc1ccc(C(=O)O)cc1-2. The van der Waals surface area contributed by atoms with Gasteiger partial charge in [-0.1, -0.05) is 35.3 Å². The minimum absolute atomic E-state index is 0.196. The molecule has 0 saturated heterocycles. The van der Waals surface area contributed by atoms with E-state index < -0.39 is 11.9 Å². The Morgan fingerprint density at radius 2 is 1.67 bits per heavy atom. The third-order valence-corrected chi connectivity index (χ3v) is 5.52. The lowest BCUT2D eigenvalue weighted by atomic mass is 9.94. The first-order valence-electron chi connectivity index (χ1n) is 8.14. The highest BCUT2D eigenvalue weighted by molar-refractivity contribution is 6.42. The highest BCUT2D eigenvalue weighted by Gasteiger charge is 2.25. The lowest BCUT2D eigenvalue weighted by Crippen LogP contribution is -2.13. The molecule has 0 aromatic heterocycles. The van der Waals surface area contributed by atoms with E-state index in [0.29, 0.717) is 22.0 Å². The minimum Gasteiger partial charge on any atom is -0.478 e. The second-order valence-electron chi connectivity index (χ2n) is 6.40. The van der Waals surface area contributed by atoms with Crippen molar-refractivity contribution in [3.63, 3.8) is 0 Å². The van der Waals surface area contributed by atoms with E-state index >= 15 is 0 Å². The van der Waals surface area contributed by atoms with Crippen LogP contribution in [0.4, 0.5) is 0 Å². The number of carboxylic acid groups (broad SMARTS) is 1. The molecule has 1 aliphatic rings. The van der Waals surface area contributed by atoms with Crippen LogP contribution in [0.3, 0.4) is 0 Å². The fourth-order valence-electron chi connectivity index (χ4n) is 3.47. The number of hydrogen-bond donors (Lipinski definition) is 2. The van der Waals surface area contributed by atoms with Crippen LogP contribution in [-0.4, -0.2) is 17.0 Å². The van der Waals surface area contributed by atoms with Gasteiger partial charge in [0.1, 0.15) is 0 Å². The lowest BCUT2D eigenvalue weighted by molar-refractivity contribution is 0.0696. The zero-order chi connectivity index (χ0) is 19.3. The Hall–Kier alpha value is -2.82. The van der Waals surface area contributed by atoms with Crippen LogP contribution in [0.15, 0.2) is 48.5 Å². The predicted octanol–water partition coefficient (Wildman–Crippen LogP) is 5.03. The maximum Gasteiger partial charge on any atom is 0.335 e. The molecule has 0 spiro atoms. The minimum atomic E-state index is -0.998. The summed E-state index contributed by atoms with van der Waals surface area (Å²) in [5, 5.41) is 10.1. The lowest BCUT2D eigenvalue weighted by Gasteiger charge is -2.11. The normalized spacial score (nSPS) is 11.8. The van der Waals surface area contributed by atoms with E-state index in [1.807, 2.05) is 12.1 Å². The first kappa shape index (κ1) is 17.6. The van der Waals surface area contributed by atoms with Crippen molar-refractivity contribution in [1.82, 2.24) is 0 Å². The molecule has 1 aliphatic carbocycles. The van der Waals surface area contributed by atoms with E-state index in [1.54, 1.807) is 36.4 Å². The Kier molecular flexibility index (Phi) is 4.17. The summed E-state index contributed by atoms with van der Waals surface area (Å²) in [7, 11) is 0. The van der Waals surface area contributed by atoms with Crippen LogP contribution < -0.4 is 5.73 Å². The molecule has 134 valence electrons. The van der Waals surface area contributed by atoms with Crippen LogP contribution in [0.2, 0.25) is 10.0 Å². The van der Waals surface area contributed by atoms with E-state index in [-0.39, 0.29) is 5.56 Å². The molecule has 6 heteroatoms. The molecule has 3 aromatic carbocycles. The number of carbonyl (C=O) groups excluding carboxylic acids is 1. The number of aromatic carboxylic acids is 1. The van der Waals surface area contributed by atoms with Gasteiger partial charge < -0.3 is 10.8 Å². The zero-order valence-corrected chi connectivity index (χ0v) is 15.4. The summed E-state index contributed by atoms with van der Waals surface area (Å²) >= 11 is 12.1. The molecular weight excluding hydrogens is 385 g/mol. The topological polar surface area (TPSA) is 80.4 Å². The largest absolute Gasteiger partial charge is 0.478 e. The van der Waals surface area contributed by atoms with Crippen LogP contribution in [0.25, 0.3) is 22.3 Å². The van der Waals surface area contributed by atoms with Crippen molar-refractivity contribution in [2.75, 3.05) is 0 Å². The first-order valence-corrected chi connectivity index (χ1v) is 8.89. The number of carboxylic acids is 1. The van der Waals surface area contributed by atoms with Gasteiger partial charge in [0, 0.05) is 5.56 Å². The number of carbonyl (C=O) groups is 2. The van der Waals surface area contributed by atoms with Gasteiger partial charge in [-0.15, -0.1) is 0 Å². The molecule has 0 bridgehead atoms. The number of halogens is 2. The molecule has 0 atom stereocenters. The summed E-state index contributed by atoms with van der Waals surface area (Å²) in [5.74, 6) is -1.53. The fraction of sp³-hybridized carbons (Fsp3) is 0.0476. The average Bonchev–Trinajstić information content (AvgIpc) is 3.00. The molecule has 0 unspecified atom stereocenters. The average molecular weight is 398 g/mol. The summed E-state index contributed by atoms with van der Waals surface area (Å²) in [5.41, 5.74) is 11.2. The standard InChI is InChI=1S/C21H13Cl2NO3/c22-18-4-3-10(9-19(18)23)13-7-15-14-6-12(21(26)27)2-1-11(14)5-16(15)17(8-13)20(24)25/h1-4,6-9H,5H2,(H2,24,25)(H,26,27). The van der Waals surface area contributed by atoms with Gasteiger partial charge in [-0.2, -0.15) is 0 Å². The molecule has 0 heterocycles. The Bertz CT molecular complexity index is 1140. The third kappa shape index (κ3) is 2.97. The number of nitrogens with two attached hydrogens (primary N) is 1. The maximum absolute atomic E-state index is 12.1. The van der Waals surface area contributed by atoms with Crippen LogP contribution in [0.5, 0.6) is 0 Å². The summed E-state index contributed by atoms with van der Waals surface area (Å²) in [6, 6.07) is 13.9. The molecule has 0 fully saturated rings. The van der Waals surface area contributed by atoms with Crippen LogP contribution in [0.1, 0.15) is 31.8 Å². The number of hydrogen-bond acceptors (Lipinski definition) is 2. The summed E-state index contributed by atoms with van der Waals surface area (Å²) in [6.45, 7) is 0. The number of rotatable bonds is 3. The van der Waals surface area contributed by atoms with Gasteiger partial charge in [-0.3, -0.25) is 4.79 Å². The van der Waals surface area contributed by atoms with E-state index in [2.05, 4.69) is 0 Å². The van der Waals surface area contributed by atoms with Gasteiger partial charge in [0.15, 0.2) is 0 Å². The molecular formula is C21H13Cl2NO3. The number of fused-ring (bicyclic) bond motifs is 3. The van der Waals surface area contributed by atoms with Crippen LogP contribution in [-0.2, 0) is 6.42 Å². The zero-order valence-electron chi connectivity index (χ0n) is 13.9. The third-order valence-electron chi connectivity index (χ3n) is 4.78. The van der Waals surface area contributed by atoms with E-state index in [1.165, 1.54) is 0 Å². The Balaban J connectivity index is 1.96. The quantitative estimate of drug-likeness (QED) is 0.508. The van der Waals surface area contributed by atoms with Gasteiger partial charge in [-0.25, -0.2) is 4.79 Å². The predicted molar refractivity (Wildman–Crippen MR) is 106 cm³/mol. The van der Waals surface area contributed by atoms with Gasteiger partial charge in [0.2, 0.25) is 5.91 Å². The van der Waals surface area contributed by atoms with Crippen molar-refractivity contribution < 1.29 is 14.7 Å². The van der Waals surface area contributed by atoms with Crippen LogP contribution >= 0.6 is 23.2 Å². The fourth-order valence-corrected chi connectivity index (χ4v) is 3.77. The molecule has 27 heavy (non-hydrogen) atoms. The van der Waals surface area contributed by atoms with Crippen molar-refractivity contribution in [2.24, 2.45) is 5.73 Å². The second-order valence-corrected chi connectivity index (χ2v) is 7.21. The highest BCUT2D eigenvalue weighted by Crippen LogP contribution is 2.42. The smallest absolute Gasteiger partial charge is 0.335 e. The molecule has 3 aromatic rings. The molecule has 0 aliphatic heterocycles. The van der Waals surface area contributed by atoms with Gasteiger partial charge in [-0.05, 0) is 76.2 Å². The molecule has 4 nitrogen and oxygen atoms in total. The Labute approximate surface area is 165 Å². The maximum atomic E-state index is 12.1. The van der Waals surface area contributed by atoms with E-state index in [0.717, 1.165) is 33.4 Å². The molecule has 0 radical (unpaired) electrons. The van der Waals surface area contributed by atoms with Crippen LogP contribution in [0, 0.1) is 0 Å².